The predicted octanol–water partition coefficient (Wildman–Crippen LogP) is 4.97. The first-order valence-corrected chi connectivity index (χ1v) is 11.8. The van der Waals surface area contributed by atoms with Crippen LogP contribution in [-0.2, 0) is 4.74 Å². The van der Waals surface area contributed by atoms with Gasteiger partial charge in [0.25, 0.3) is 5.91 Å². The monoisotopic (exact) mass is 452 g/mol. The van der Waals surface area contributed by atoms with Crippen molar-refractivity contribution in [2.45, 2.75) is 40.5 Å². The number of nitrogens with one attached hydrogen (secondary N) is 1. The third kappa shape index (κ3) is 4.32. The number of para-hydroxylation sites is 1. The Hall–Kier alpha value is -3.00. The minimum absolute atomic E-state index is 0.266. The summed E-state index contributed by atoms with van der Waals surface area (Å²) in [6.07, 6.45) is 2.26. The number of ether oxygens (including phenoxy) is 1. The Morgan fingerprint density at radius 2 is 1.91 bits per heavy atom. The Morgan fingerprint density at radius 3 is 2.62 bits per heavy atom. The van der Waals surface area contributed by atoms with E-state index < -0.39 is 5.97 Å². The van der Waals surface area contributed by atoms with Crippen LogP contribution < -0.4 is 10.2 Å². The summed E-state index contributed by atoms with van der Waals surface area (Å²) < 4.78 is 5.12. The zero-order valence-electron chi connectivity index (χ0n) is 18.9. The van der Waals surface area contributed by atoms with E-state index in [0.717, 1.165) is 47.5 Å². The highest BCUT2D eigenvalue weighted by Gasteiger charge is 2.25. The number of carbonyl (C=O) groups is 2. The fraction of sp³-hybridized carbons (Fsp3) is 0.417. The van der Waals surface area contributed by atoms with Crippen LogP contribution in [0.5, 0.6) is 0 Å². The van der Waals surface area contributed by atoms with Gasteiger partial charge in [-0.25, -0.2) is 14.8 Å². The number of benzene rings is 1. The Morgan fingerprint density at radius 1 is 1.19 bits per heavy atom. The molecule has 8 heteroatoms. The molecule has 1 aromatic carbocycles. The standard InChI is InChI=1S/C24H28N4O3S/c1-5-31-24(30)17-8-6-7-9-18(17)27-22(29)20-15(3)19-21(25-16(4)26-23(19)32-20)28-12-10-14(2)11-13-28/h6-9,14H,5,10-13H2,1-4H3,(H,27,29). The molecule has 0 atom stereocenters. The normalized spacial score (nSPS) is 14.6. The lowest BCUT2D eigenvalue weighted by Crippen LogP contribution is -2.33. The number of hydrogen-bond donors (Lipinski definition) is 1. The van der Waals surface area contributed by atoms with Gasteiger partial charge in [-0.05, 0) is 57.2 Å². The summed E-state index contributed by atoms with van der Waals surface area (Å²) >= 11 is 1.36. The van der Waals surface area contributed by atoms with E-state index in [1.807, 2.05) is 13.8 Å². The molecule has 1 aliphatic rings. The maximum absolute atomic E-state index is 13.2. The molecule has 1 N–H and O–H groups in total. The average Bonchev–Trinajstić information content (AvgIpc) is 3.10. The van der Waals surface area contributed by atoms with Crippen molar-refractivity contribution in [2.75, 3.05) is 29.9 Å². The van der Waals surface area contributed by atoms with Gasteiger partial charge in [0.05, 0.1) is 28.1 Å². The molecule has 1 saturated heterocycles. The molecule has 0 aliphatic carbocycles. The maximum Gasteiger partial charge on any atom is 0.340 e. The van der Waals surface area contributed by atoms with E-state index in [-0.39, 0.29) is 12.5 Å². The Bertz CT molecular complexity index is 1170. The van der Waals surface area contributed by atoms with Crippen LogP contribution in [0.2, 0.25) is 0 Å². The maximum atomic E-state index is 13.2. The number of nitrogens with zero attached hydrogens (tertiary/aromatic N) is 3. The molecule has 1 aliphatic heterocycles. The molecule has 2 aromatic heterocycles. The first-order chi connectivity index (χ1) is 15.4. The van der Waals surface area contributed by atoms with E-state index in [1.54, 1.807) is 31.2 Å². The highest BCUT2D eigenvalue weighted by molar-refractivity contribution is 7.20. The SMILES string of the molecule is CCOC(=O)c1ccccc1NC(=O)c1sc2nc(C)nc(N3CCC(C)CC3)c2c1C. The van der Waals surface area contributed by atoms with Crippen molar-refractivity contribution in [1.82, 2.24) is 9.97 Å². The Labute approximate surface area is 191 Å². The van der Waals surface area contributed by atoms with Gasteiger partial charge in [-0.3, -0.25) is 4.79 Å². The number of amides is 1. The lowest BCUT2D eigenvalue weighted by Gasteiger charge is -2.31. The molecule has 4 rings (SSSR count). The summed E-state index contributed by atoms with van der Waals surface area (Å²) in [6.45, 7) is 10.0. The van der Waals surface area contributed by atoms with Gasteiger partial charge in [-0.1, -0.05) is 19.1 Å². The van der Waals surface area contributed by atoms with Crippen molar-refractivity contribution in [3.63, 3.8) is 0 Å². The number of thiophene rings is 1. The number of anilines is 2. The van der Waals surface area contributed by atoms with Crippen LogP contribution in [0, 0.1) is 19.8 Å². The molecule has 7 nitrogen and oxygen atoms in total. The molecule has 0 bridgehead atoms. The molecule has 3 heterocycles. The topological polar surface area (TPSA) is 84.4 Å². The summed E-state index contributed by atoms with van der Waals surface area (Å²) in [4.78, 5) is 38.6. The smallest absolute Gasteiger partial charge is 0.340 e. The van der Waals surface area contributed by atoms with Crippen LogP contribution in [0.25, 0.3) is 10.2 Å². The molecule has 3 aromatic rings. The molecule has 1 fully saturated rings. The summed E-state index contributed by atoms with van der Waals surface area (Å²) in [5.74, 6) is 1.61. The highest BCUT2D eigenvalue weighted by atomic mass is 32.1. The summed E-state index contributed by atoms with van der Waals surface area (Å²) in [5, 5.41) is 3.84. The lowest BCUT2D eigenvalue weighted by atomic mass is 9.99. The first-order valence-electron chi connectivity index (χ1n) is 11.0. The zero-order valence-corrected chi connectivity index (χ0v) is 19.7. The Kier molecular flexibility index (Phi) is 6.41. The van der Waals surface area contributed by atoms with Crippen LogP contribution in [0.3, 0.4) is 0 Å². The minimum atomic E-state index is -0.459. The van der Waals surface area contributed by atoms with E-state index in [1.165, 1.54) is 11.3 Å². The van der Waals surface area contributed by atoms with Crippen molar-refractivity contribution in [3.8, 4) is 0 Å². The van der Waals surface area contributed by atoms with Crippen molar-refractivity contribution in [2.24, 2.45) is 5.92 Å². The van der Waals surface area contributed by atoms with Crippen molar-refractivity contribution in [1.29, 1.82) is 0 Å². The summed E-state index contributed by atoms with van der Waals surface area (Å²) in [6, 6.07) is 6.88. The second kappa shape index (κ2) is 9.24. The van der Waals surface area contributed by atoms with Gasteiger partial charge < -0.3 is 15.0 Å². The second-order valence-electron chi connectivity index (χ2n) is 8.22. The minimum Gasteiger partial charge on any atom is -0.462 e. The van der Waals surface area contributed by atoms with Gasteiger partial charge >= 0.3 is 5.97 Å². The number of carbonyl (C=O) groups excluding carboxylic acids is 2. The number of aryl methyl sites for hydroxylation is 2. The van der Waals surface area contributed by atoms with Crippen LogP contribution in [0.1, 0.15) is 58.1 Å². The van der Waals surface area contributed by atoms with Gasteiger partial charge in [0.15, 0.2) is 0 Å². The molecule has 0 saturated carbocycles. The van der Waals surface area contributed by atoms with E-state index >= 15 is 0 Å². The molecule has 0 radical (unpaired) electrons. The van der Waals surface area contributed by atoms with Gasteiger partial charge in [-0.2, -0.15) is 0 Å². The Balaban J connectivity index is 1.69. The van der Waals surface area contributed by atoms with Crippen molar-refractivity contribution in [3.05, 3.63) is 46.1 Å². The summed E-state index contributed by atoms with van der Waals surface area (Å²) in [7, 11) is 0. The molecular formula is C24H28N4O3S. The van der Waals surface area contributed by atoms with Crippen molar-refractivity contribution >= 4 is 44.9 Å². The number of esters is 1. The molecule has 168 valence electrons. The number of aromatic nitrogens is 2. The molecule has 0 unspecified atom stereocenters. The zero-order chi connectivity index (χ0) is 22.8. The molecule has 1 amide bonds. The fourth-order valence-corrected chi connectivity index (χ4v) is 5.16. The largest absolute Gasteiger partial charge is 0.462 e. The van der Waals surface area contributed by atoms with Gasteiger partial charge in [0.1, 0.15) is 16.5 Å². The third-order valence-electron chi connectivity index (χ3n) is 5.84. The number of fused-ring (bicyclic) bond motifs is 1. The van der Waals surface area contributed by atoms with Crippen LogP contribution in [0.4, 0.5) is 11.5 Å². The van der Waals surface area contributed by atoms with Crippen molar-refractivity contribution < 1.29 is 14.3 Å². The number of hydrogen-bond acceptors (Lipinski definition) is 7. The third-order valence-corrected chi connectivity index (χ3v) is 7.03. The van der Waals surface area contributed by atoms with Gasteiger partial charge in [0.2, 0.25) is 0 Å². The number of piperidine rings is 1. The van der Waals surface area contributed by atoms with Crippen LogP contribution in [0.15, 0.2) is 24.3 Å². The molecular weight excluding hydrogens is 424 g/mol. The fourth-order valence-electron chi connectivity index (χ4n) is 4.05. The number of rotatable bonds is 5. The van der Waals surface area contributed by atoms with Crippen LogP contribution in [-0.4, -0.2) is 41.5 Å². The van der Waals surface area contributed by atoms with E-state index in [0.29, 0.717) is 27.9 Å². The highest BCUT2D eigenvalue weighted by Crippen LogP contribution is 2.37. The molecule has 0 spiro atoms. The quantitative estimate of drug-likeness (QED) is 0.550. The molecule has 32 heavy (non-hydrogen) atoms. The second-order valence-corrected chi connectivity index (χ2v) is 9.22. The first kappa shape index (κ1) is 22.2. The predicted molar refractivity (Wildman–Crippen MR) is 128 cm³/mol. The van der Waals surface area contributed by atoms with Crippen LogP contribution >= 0.6 is 11.3 Å². The van der Waals surface area contributed by atoms with E-state index in [4.69, 9.17) is 9.72 Å². The van der Waals surface area contributed by atoms with Gasteiger partial charge in [-0.15, -0.1) is 11.3 Å². The van der Waals surface area contributed by atoms with E-state index in [2.05, 4.69) is 22.1 Å². The summed E-state index contributed by atoms with van der Waals surface area (Å²) in [5.41, 5.74) is 1.63. The van der Waals surface area contributed by atoms with Gasteiger partial charge in [0, 0.05) is 13.1 Å². The lowest BCUT2D eigenvalue weighted by molar-refractivity contribution is 0.0527. The van der Waals surface area contributed by atoms with E-state index in [9.17, 15) is 9.59 Å². The average molecular weight is 453 g/mol.